The van der Waals surface area contributed by atoms with Crippen molar-refractivity contribution in [2.24, 2.45) is 22.1 Å². The fraction of sp³-hybridized carbons (Fsp3) is 0.594. The summed E-state index contributed by atoms with van der Waals surface area (Å²) in [6, 6.07) is 7.07. The fourth-order valence-corrected chi connectivity index (χ4v) is 7.64. The highest BCUT2D eigenvalue weighted by molar-refractivity contribution is 5.99. The van der Waals surface area contributed by atoms with E-state index in [0.29, 0.717) is 25.9 Å². The molecule has 2 amide bonds. The van der Waals surface area contributed by atoms with Crippen LogP contribution in [0.25, 0.3) is 0 Å². The second-order valence-corrected chi connectivity index (χ2v) is 12.8. The van der Waals surface area contributed by atoms with Gasteiger partial charge in [-0.05, 0) is 54.7 Å². The maximum Gasteiger partial charge on any atom is 0.232 e. The Morgan fingerprint density at radius 3 is 2.80 bits per heavy atom. The first kappa shape index (κ1) is 27.1. The van der Waals surface area contributed by atoms with Gasteiger partial charge < -0.3 is 20.9 Å². The maximum atomic E-state index is 13.9. The van der Waals surface area contributed by atoms with Crippen molar-refractivity contribution < 1.29 is 19.4 Å². The lowest BCUT2D eigenvalue weighted by molar-refractivity contribution is -0.133. The van der Waals surface area contributed by atoms with E-state index >= 15 is 0 Å². The Kier molecular flexibility index (Phi) is 7.01. The Morgan fingerprint density at radius 1 is 1.20 bits per heavy atom. The third-order valence-electron chi connectivity index (χ3n) is 10.0. The van der Waals surface area contributed by atoms with E-state index in [1.807, 2.05) is 24.3 Å². The van der Waals surface area contributed by atoms with Crippen molar-refractivity contribution in [2.45, 2.75) is 102 Å². The van der Waals surface area contributed by atoms with Crippen molar-refractivity contribution in [1.82, 2.24) is 10.2 Å². The predicted molar refractivity (Wildman–Crippen MR) is 153 cm³/mol. The molecule has 2 aliphatic carbocycles. The van der Waals surface area contributed by atoms with E-state index in [9.17, 15) is 14.7 Å². The number of ether oxygens (including phenoxy) is 1. The van der Waals surface area contributed by atoms with Gasteiger partial charge in [0.05, 0.1) is 36.8 Å². The molecule has 4 aliphatic heterocycles. The van der Waals surface area contributed by atoms with E-state index in [0.717, 1.165) is 49.8 Å². The standard InChI is InChI=1S/C32H42N4O4/c1-3-32-14-7-6-13-31(2)15-12-20-16-24(37)28(23(20)17-31)34-26(38)11-10-21-19-40-25-9-5-4-8-22(25)29(21)36(27(39)18-32)30(33)35-32/h4-5,8-9,12,15,21,24,28-29,37H,3,6-7,10-11,13-14,16-19H2,1-2H3,(H2,33,35)(H,34,38)/t21-,24-,28-,29+,31?,32-/m1/s1. The van der Waals surface area contributed by atoms with Crippen LogP contribution in [0.15, 0.2) is 52.6 Å². The first-order valence-electron chi connectivity index (χ1n) is 15.0. The zero-order valence-corrected chi connectivity index (χ0v) is 23.7. The predicted octanol–water partition coefficient (Wildman–Crippen LogP) is 4.30. The van der Waals surface area contributed by atoms with Crippen molar-refractivity contribution in [3.05, 3.63) is 53.1 Å². The number of rotatable bonds is 1. The van der Waals surface area contributed by atoms with Crippen molar-refractivity contribution in [3.8, 4) is 5.75 Å². The van der Waals surface area contributed by atoms with Crippen LogP contribution in [0.1, 0.15) is 89.7 Å². The molecule has 4 bridgehead atoms. The second kappa shape index (κ2) is 10.4. The third kappa shape index (κ3) is 4.84. The van der Waals surface area contributed by atoms with Gasteiger partial charge in [-0.25, -0.2) is 4.99 Å². The number of hydrogen-bond donors (Lipinski definition) is 3. The minimum atomic E-state index is -0.607. The Labute approximate surface area is 236 Å². The van der Waals surface area contributed by atoms with Crippen LogP contribution in [-0.4, -0.2) is 52.1 Å². The van der Waals surface area contributed by atoms with Gasteiger partial charge >= 0.3 is 0 Å². The normalized spacial score (nSPS) is 36.2. The molecule has 1 saturated heterocycles. The number of aliphatic imine (C=N–C) groups is 1. The van der Waals surface area contributed by atoms with Gasteiger partial charge in [0.25, 0.3) is 0 Å². The molecule has 6 aliphatic rings. The zero-order valence-electron chi connectivity index (χ0n) is 23.7. The molecule has 1 fully saturated rings. The van der Waals surface area contributed by atoms with Crippen LogP contribution in [0.2, 0.25) is 0 Å². The summed E-state index contributed by atoms with van der Waals surface area (Å²) in [6.45, 7) is 4.75. The number of nitrogens with one attached hydrogen (secondary N) is 1. The molecular weight excluding hydrogens is 504 g/mol. The van der Waals surface area contributed by atoms with Gasteiger partial charge in [0.1, 0.15) is 5.75 Å². The average molecular weight is 547 g/mol. The molecule has 8 nitrogen and oxygen atoms in total. The third-order valence-corrected chi connectivity index (χ3v) is 10.0. The lowest BCUT2D eigenvalue weighted by atomic mass is 9.73. The number of para-hydroxylation sites is 1. The summed E-state index contributed by atoms with van der Waals surface area (Å²) < 4.78 is 6.11. The first-order valence-corrected chi connectivity index (χ1v) is 15.0. The Balaban J connectivity index is 1.35. The van der Waals surface area contributed by atoms with Crippen molar-refractivity contribution in [3.63, 3.8) is 0 Å². The van der Waals surface area contributed by atoms with Gasteiger partial charge in [0.15, 0.2) is 5.96 Å². The summed E-state index contributed by atoms with van der Waals surface area (Å²) in [6.07, 6.45) is 10.9. The number of benzene rings is 1. The molecule has 40 heavy (non-hydrogen) atoms. The van der Waals surface area contributed by atoms with Crippen molar-refractivity contribution >= 4 is 17.8 Å². The number of amides is 2. The molecule has 8 heteroatoms. The number of carbonyl (C=O) groups is 2. The summed E-state index contributed by atoms with van der Waals surface area (Å²) in [7, 11) is 0. The summed E-state index contributed by atoms with van der Waals surface area (Å²) in [5, 5.41) is 14.1. The summed E-state index contributed by atoms with van der Waals surface area (Å²) in [4.78, 5) is 33.9. The van der Waals surface area contributed by atoms with Crippen LogP contribution in [0, 0.1) is 11.3 Å². The van der Waals surface area contributed by atoms with Gasteiger partial charge in [-0.15, -0.1) is 0 Å². The lowest BCUT2D eigenvalue weighted by Gasteiger charge is -2.45. The van der Waals surface area contributed by atoms with Gasteiger partial charge in [-0.2, -0.15) is 0 Å². The molecular formula is C32H42N4O4. The van der Waals surface area contributed by atoms with E-state index in [1.54, 1.807) is 4.90 Å². The topological polar surface area (TPSA) is 117 Å². The maximum absolute atomic E-state index is 13.9. The van der Waals surface area contributed by atoms with Gasteiger partial charge in [-0.1, -0.05) is 57.0 Å². The Hall–Kier alpha value is -3.13. The number of aliphatic hydroxyl groups is 1. The molecule has 214 valence electrons. The number of aliphatic hydroxyl groups excluding tert-OH is 1. The molecule has 0 spiro atoms. The van der Waals surface area contributed by atoms with Gasteiger partial charge in [0, 0.05) is 24.3 Å². The van der Waals surface area contributed by atoms with Crippen LogP contribution < -0.4 is 15.8 Å². The molecule has 0 aromatic heterocycles. The quantitative estimate of drug-likeness (QED) is 0.486. The molecule has 7 rings (SSSR count). The van der Waals surface area contributed by atoms with Crippen LogP contribution in [-0.2, 0) is 9.59 Å². The first-order chi connectivity index (χ1) is 19.2. The summed E-state index contributed by atoms with van der Waals surface area (Å²) >= 11 is 0. The van der Waals surface area contributed by atoms with E-state index in [1.165, 1.54) is 11.1 Å². The summed E-state index contributed by atoms with van der Waals surface area (Å²) in [5.74, 6) is 0.782. The van der Waals surface area contributed by atoms with Crippen LogP contribution in [0.3, 0.4) is 0 Å². The van der Waals surface area contributed by atoms with E-state index in [4.69, 9.17) is 15.5 Å². The number of hydrogen-bond acceptors (Lipinski definition) is 6. The second-order valence-electron chi connectivity index (χ2n) is 12.8. The Bertz CT molecular complexity index is 1290. The highest BCUT2D eigenvalue weighted by Crippen LogP contribution is 2.46. The fourth-order valence-electron chi connectivity index (χ4n) is 7.64. The minimum absolute atomic E-state index is 0.00909. The van der Waals surface area contributed by atoms with Crippen LogP contribution in [0.4, 0.5) is 0 Å². The van der Waals surface area contributed by atoms with Gasteiger partial charge in [0.2, 0.25) is 11.8 Å². The monoisotopic (exact) mass is 546 g/mol. The smallest absolute Gasteiger partial charge is 0.232 e. The average Bonchev–Trinajstić information content (AvgIpc) is 3.23. The van der Waals surface area contributed by atoms with Gasteiger partial charge in [-0.3, -0.25) is 14.5 Å². The molecule has 6 atom stereocenters. The number of nitrogens with zero attached hydrogens (tertiary/aromatic N) is 2. The van der Waals surface area contributed by atoms with E-state index in [-0.39, 0.29) is 47.6 Å². The molecule has 4 N–H and O–H groups in total. The summed E-state index contributed by atoms with van der Waals surface area (Å²) in [5.41, 5.74) is 9.38. The largest absolute Gasteiger partial charge is 0.493 e. The number of nitrogens with two attached hydrogens (primary N) is 1. The van der Waals surface area contributed by atoms with Crippen molar-refractivity contribution in [2.75, 3.05) is 6.61 Å². The molecule has 4 heterocycles. The van der Waals surface area contributed by atoms with Crippen LogP contribution in [0.5, 0.6) is 5.75 Å². The number of guanidine groups is 1. The number of fused-ring (bicyclic) bond motifs is 8. The highest BCUT2D eigenvalue weighted by Gasteiger charge is 2.46. The molecule has 1 aromatic carbocycles. The number of allylic oxidation sites excluding steroid dienone is 2. The Morgan fingerprint density at radius 2 is 2.00 bits per heavy atom. The highest BCUT2D eigenvalue weighted by atomic mass is 16.5. The molecule has 0 saturated carbocycles. The molecule has 1 aromatic rings. The molecule has 0 radical (unpaired) electrons. The number of carbonyl (C=O) groups excluding carboxylic acids is 2. The SMILES string of the molecule is CC[C@@]12CCCCC3(C)C=CC4=C(C3)[C@@H](NC(=O)CC[C@@H]3COc5ccccc5[C@H]3N(C(=O)C1)C(N)=N2)[C@H](O)C4. The van der Waals surface area contributed by atoms with Crippen molar-refractivity contribution in [1.29, 1.82) is 0 Å². The van der Waals surface area contributed by atoms with E-state index < -0.39 is 11.6 Å². The zero-order chi connectivity index (χ0) is 28.1. The van der Waals surface area contributed by atoms with E-state index in [2.05, 4.69) is 31.3 Å². The lowest BCUT2D eigenvalue weighted by Crippen LogP contribution is -2.55. The minimum Gasteiger partial charge on any atom is -0.493 e. The molecule has 1 unspecified atom stereocenters. The van der Waals surface area contributed by atoms with Crippen LogP contribution >= 0.6 is 0 Å².